The Bertz CT molecular complexity index is 337. The van der Waals surface area contributed by atoms with Crippen LogP contribution in [0.3, 0.4) is 0 Å². The first-order chi connectivity index (χ1) is 7.25. The van der Waals surface area contributed by atoms with Gasteiger partial charge in [-0.3, -0.25) is 0 Å². The molecule has 0 radical (unpaired) electrons. The fourth-order valence-corrected chi connectivity index (χ4v) is 1.69. The van der Waals surface area contributed by atoms with Gasteiger partial charge < -0.3 is 10.6 Å². The predicted molar refractivity (Wildman–Crippen MR) is 59.1 cm³/mol. The van der Waals surface area contributed by atoms with E-state index < -0.39 is 0 Å². The van der Waals surface area contributed by atoms with Gasteiger partial charge in [-0.1, -0.05) is 11.6 Å². The third-order valence-corrected chi connectivity index (χ3v) is 2.78. The third-order valence-electron chi connectivity index (χ3n) is 2.43. The first-order valence-corrected chi connectivity index (χ1v) is 5.47. The van der Waals surface area contributed by atoms with Crippen molar-refractivity contribution in [2.24, 2.45) is 0 Å². The highest BCUT2D eigenvalue weighted by atomic mass is 35.5. The van der Waals surface area contributed by atoms with Crippen molar-refractivity contribution in [3.8, 4) is 0 Å². The molecule has 82 valence electrons. The van der Waals surface area contributed by atoms with Gasteiger partial charge in [0, 0.05) is 12.6 Å². The average Bonchev–Trinajstić information content (AvgIpc) is 2.25. The first-order valence-electron chi connectivity index (χ1n) is 5.10. The fraction of sp³-hybridized carbons (Fsp3) is 0.667. The summed E-state index contributed by atoms with van der Waals surface area (Å²) in [6.45, 7) is 3.86. The average molecular weight is 228 g/mol. The van der Waals surface area contributed by atoms with E-state index in [1.807, 2.05) is 6.92 Å². The summed E-state index contributed by atoms with van der Waals surface area (Å²) < 4.78 is 0. The maximum atomic E-state index is 5.75. The van der Waals surface area contributed by atoms with Gasteiger partial charge in [-0.25, -0.2) is 4.98 Å². The molecule has 1 atom stereocenters. The van der Waals surface area contributed by atoms with Crippen molar-refractivity contribution in [2.45, 2.75) is 25.8 Å². The summed E-state index contributed by atoms with van der Waals surface area (Å²) in [4.78, 5) is 4.22. The fourth-order valence-electron chi connectivity index (χ4n) is 1.61. The summed E-state index contributed by atoms with van der Waals surface area (Å²) >= 11 is 5.75. The van der Waals surface area contributed by atoms with Gasteiger partial charge in [0.25, 0.3) is 0 Å². The van der Waals surface area contributed by atoms with E-state index in [1.165, 1.54) is 6.42 Å². The quantitative estimate of drug-likeness (QED) is 0.789. The number of halogens is 1. The molecule has 1 aliphatic rings. The summed E-state index contributed by atoms with van der Waals surface area (Å²) in [5.74, 6) is 0.561. The molecule has 2 heterocycles. The number of rotatable bonds is 2. The van der Waals surface area contributed by atoms with E-state index >= 15 is 0 Å². The van der Waals surface area contributed by atoms with Crippen molar-refractivity contribution in [1.29, 1.82) is 0 Å². The number of piperidine rings is 1. The van der Waals surface area contributed by atoms with Crippen LogP contribution in [0.1, 0.15) is 18.5 Å². The molecule has 5 nitrogen and oxygen atoms in total. The summed E-state index contributed by atoms with van der Waals surface area (Å²) in [6, 6.07) is 0.390. The highest BCUT2D eigenvalue weighted by Gasteiger charge is 2.14. The molecular weight excluding hydrogens is 214 g/mol. The molecule has 0 bridgehead atoms. The molecule has 6 heteroatoms. The van der Waals surface area contributed by atoms with E-state index in [-0.39, 0.29) is 0 Å². The summed E-state index contributed by atoms with van der Waals surface area (Å²) in [5.41, 5.74) is 0.706. The van der Waals surface area contributed by atoms with Gasteiger partial charge in [0.2, 0.25) is 5.95 Å². The van der Waals surface area contributed by atoms with Crippen LogP contribution in [0.2, 0.25) is 5.15 Å². The molecule has 1 aliphatic heterocycles. The maximum absolute atomic E-state index is 5.75. The lowest BCUT2D eigenvalue weighted by Gasteiger charge is -2.23. The zero-order valence-corrected chi connectivity index (χ0v) is 9.38. The van der Waals surface area contributed by atoms with Crippen LogP contribution in [-0.2, 0) is 0 Å². The van der Waals surface area contributed by atoms with Gasteiger partial charge in [-0.2, -0.15) is 0 Å². The summed E-state index contributed by atoms with van der Waals surface area (Å²) in [5, 5.41) is 14.6. The van der Waals surface area contributed by atoms with Crippen LogP contribution in [0.4, 0.5) is 5.95 Å². The SMILES string of the molecule is Cc1nc(NC2CCCNC2)nnc1Cl. The second kappa shape index (κ2) is 4.72. The van der Waals surface area contributed by atoms with Crippen molar-refractivity contribution >= 4 is 17.5 Å². The number of hydrogen-bond acceptors (Lipinski definition) is 5. The lowest BCUT2D eigenvalue weighted by Crippen LogP contribution is -2.38. The zero-order valence-electron chi connectivity index (χ0n) is 8.63. The molecule has 1 aromatic heterocycles. The molecular formula is C9H14ClN5. The van der Waals surface area contributed by atoms with Crippen LogP contribution >= 0.6 is 11.6 Å². The van der Waals surface area contributed by atoms with Gasteiger partial charge in [0.05, 0.1) is 5.69 Å². The van der Waals surface area contributed by atoms with E-state index in [4.69, 9.17) is 11.6 Å². The standard InChI is InChI=1S/C9H14ClN5/c1-6-8(10)14-15-9(12-6)13-7-3-2-4-11-5-7/h7,11H,2-5H2,1H3,(H,12,13,15). The Kier molecular flexibility index (Phi) is 3.33. The minimum Gasteiger partial charge on any atom is -0.349 e. The number of anilines is 1. The first kappa shape index (κ1) is 10.6. The largest absolute Gasteiger partial charge is 0.349 e. The minimum atomic E-state index is 0.363. The van der Waals surface area contributed by atoms with E-state index in [1.54, 1.807) is 0 Å². The Morgan fingerprint density at radius 3 is 3.00 bits per heavy atom. The maximum Gasteiger partial charge on any atom is 0.243 e. The molecule has 2 N–H and O–H groups in total. The molecule has 0 saturated carbocycles. The van der Waals surface area contributed by atoms with E-state index in [0.717, 1.165) is 19.5 Å². The summed E-state index contributed by atoms with van der Waals surface area (Å²) in [7, 11) is 0. The molecule has 15 heavy (non-hydrogen) atoms. The van der Waals surface area contributed by atoms with Crippen LogP contribution in [0.15, 0.2) is 0 Å². The number of nitrogens with one attached hydrogen (secondary N) is 2. The number of aryl methyl sites for hydroxylation is 1. The van der Waals surface area contributed by atoms with Crippen molar-refractivity contribution in [3.63, 3.8) is 0 Å². The molecule has 0 spiro atoms. The van der Waals surface area contributed by atoms with Gasteiger partial charge in [0.15, 0.2) is 5.15 Å². The van der Waals surface area contributed by atoms with E-state index in [0.29, 0.717) is 22.8 Å². The van der Waals surface area contributed by atoms with Crippen LogP contribution in [0, 0.1) is 6.92 Å². The topological polar surface area (TPSA) is 62.7 Å². The Morgan fingerprint density at radius 2 is 2.33 bits per heavy atom. The minimum absolute atomic E-state index is 0.363. The van der Waals surface area contributed by atoms with Crippen LogP contribution < -0.4 is 10.6 Å². The van der Waals surface area contributed by atoms with Crippen LogP contribution in [0.5, 0.6) is 0 Å². The van der Waals surface area contributed by atoms with Crippen molar-refractivity contribution in [2.75, 3.05) is 18.4 Å². The molecule has 0 aromatic carbocycles. The van der Waals surface area contributed by atoms with Gasteiger partial charge in [-0.05, 0) is 26.3 Å². The number of nitrogens with zero attached hydrogens (tertiary/aromatic N) is 3. The van der Waals surface area contributed by atoms with Crippen LogP contribution in [-0.4, -0.2) is 34.3 Å². The van der Waals surface area contributed by atoms with Crippen molar-refractivity contribution < 1.29 is 0 Å². The molecule has 1 fully saturated rings. The van der Waals surface area contributed by atoms with Crippen molar-refractivity contribution in [3.05, 3.63) is 10.8 Å². The smallest absolute Gasteiger partial charge is 0.243 e. The van der Waals surface area contributed by atoms with Gasteiger partial charge >= 0.3 is 0 Å². The van der Waals surface area contributed by atoms with Crippen molar-refractivity contribution in [1.82, 2.24) is 20.5 Å². The highest BCUT2D eigenvalue weighted by molar-refractivity contribution is 6.29. The van der Waals surface area contributed by atoms with E-state index in [2.05, 4.69) is 25.8 Å². The lowest BCUT2D eigenvalue weighted by molar-refractivity contribution is 0.477. The Hall–Kier alpha value is -0.940. The second-order valence-electron chi connectivity index (χ2n) is 3.70. The molecule has 1 saturated heterocycles. The second-order valence-corrected chi connectivity index (χ2v) is 4.06. The normalized spacial score (nSPS) is 21.3. The zero-order chi connectivity index (χ0) is 10.7. The van der Waals surface area contributed by atoms with Gasteiger partial charge in [-0.15, -0.1) is 10.2 Å². The Balaban J connectivity index is 2.00. The lowest BCUT2D eigenvalue weighted by atomic mass is 10.1. The predicted octanol–water partition coefficient (Wildman–Crippen LogP) is 0.997. The Morgan fingerprint density at radius 1 is 1.47 bits per heavy atom. The van der Waals surface area contributed by atoms with E-state index in [9.17, 15) is 0 Å². The molecule has 2 rings (SSSR count). The third kappa shape index (κ3) is 2.76. The highest BCUT2D eigenvalue weighted by Crippen LogP contribution is 2.11. The Labute approximate surface area is 93.6 Å². The summed E-state index contributed by atoms with van der Waals surface area (Å²) in [6.07, 6.45) is 2.32. The molecule has 1 aromatic rings. The molecule has 0 aliphatic carbocycles. The monoisotopic (exact) mass is 227 g/mol. The molecule has 0 amide bonds. The van der Waals surface area contributed by atoms with Gasteiger partial charge in [0.1, 0.15) is 0 Å². The van der Waals surface area contributed by atoms with Crippen LogP contribution in [0.25, 0.3) is 0 Å². The number of hydrogen-bond donors (Lipinski definition) is 2. The number of aromatic nitrogens is 3. The molecule has 1 unspecified atom stereocenters.